The maximum absolute atomic E-state index is 13.1. The maximum Gasteiger partial charge on any atom is 0.273 e. The Morgan fingerprint density at radius 3 is 2.38 bits per heavy atom. The molecule has 0 fully saturated rings. The average Bonchev–Trinajstić information content (AvgIpc) is 3.28. The number of hydrogen-bond donors (Lipinski definition) is 1. The van der Waals surface area contributed by atoms with Gasteiger partial charge in [-0.1, -0.05) is 45.0 Å². The predicted octanol–water partition coefficient (Wildman–Crippen LogP) is 5.16. The van der Waals surface area contributed by atoms with Crippen LogP contribution in [-0.4, -0.2) is 34.7 Å². The van der Waals surface area contributed by atoms with E-state index in [2.05, 4.69) is 55.2 Å². The Morgan fingerprint density at radius 1 is 1.10 bits per heavy atom. The van der Waals surface area contributed by atoms with Gasteiger partial charge in [0, 0.05) is 17.7 Å². The van der Waals surface area contributed by atoms with Gasteiger partial charge in [0.05, 0.1) is 18.8 Å². The fraction of sp³-hybridized carbons (Fsp3) is 0.333. The van der Waals surface area contributed by atoms with Crippen LogP contribution in [0, 0.1) is 0 Å². The molecule has 3 aromatic rings. The zero-order valence-electron chi connectivity index (χ0n) is 17.4. The molecule has 1 aromatic heterocycles. The van der Waals surface area contributed by atoms with Gasteiger partial charge < -0.3 is 9.64 Å². The summed E-state index contributed by atoms with van der Waals surface area (Å²) in [5.74, 6) is 1.29. The second kappa shape index (κ2) is 7.74. The molecule has 2 aromatic carbocycles. The highest BCUT2D eigenvalue weighted by molar-refractivity contribution is 6.00. The molecular formula is C24H27N3O2. The third-order valence-electron chi connectivity index (χ3n) is 5.61. The van der Waals surface area contributed by atoms with E-state index in [1.165, 1.54) is 5.56 Å². The highest BCUT2D eigenvalue weighted by Crippen LogP contribution is 2.43. The van der Waals surface area contributed by atoms with Crippen LogP contribution < -0.4 is 4.74 Å². The van der Waals surface area contributed by atoms with E-state index >= 15 is 0 Å². The zero-order chi connectivity index (χ0) is 20.5. The van der Waals surface area contributed by atoms with Gasteiger partial charge in [-0.2, -0.15) is 5.10 Å². The molecule has 29 heavy (non-hydrogen) atoms. The summed E-state index contributed by atoms with van der Waals surface area (Å²) in [4.78, 5) is 15.1. The first-order valence-electron chi connectivity index (χ1n) is 10.2. The quantitative estimate of drug-likeness (QED) is 0.633. The largest absolute Gasteiger partial charge is 0.497 e. The second-order valence-corrected chi connectivity index (χ2v) is 7.81. The van der Waals surface area contributed by atoms with E-state index in [-0.39, 0.29) is 11.9 Å². The lowest BCUT2D eigenvalue weighted by atomic mass is 9.93. The molecule has 4 rings (SSSR count). The summed E-state index contributed by atoms with van der Waals surface area (Å²) in [5.41, 5.74) is 5.77. The number of ether oxygens (including phenoxy) is 1. The van der Waals surface area contributed by atoms with Crippen molar-refractivity contribution in [3.63, 3.8) is 0 Å². The highest BCUT2D eigenvalue weighted by atomic mass is 16.5. The maximum atomic E-state index is 13.1. The SMILES string of the molecule is CCCN1C(=O)c2[nH]nc(-c3ccc(OC)cc3)c2C1c1ccc(C(C)C)cc1. The number of carbonyl (C=O) groups excluding carboxylic acids is 1. The van der Waals surface area contributed by atoms with E-state index in [1.54, 1.807) is 7.11 Å². The first kappa shape index (κ1) is 19.2. The summed E-state index contributed by atoms with van der Waals surface area (Å²) in [6.07, 6.45) is 0.905. The van der Waals surface area contributed by atoms with Crippen LogP contribution in [0.25, 0.3) is 11.3 Å². The Bertz CT molecular complexity index is 1000. The lowest BCUT2D eigenvalue weighted by molar-refractivity contribution is 0.0744. The minimum absolute atomic E-state index is 0.0204. The number of benzene rings is 2. The molecule has 5 nitrogen and oxygen atoms in total. The Labute approximate surface area is 171 Å². The Morgan fingerprint density at radius 2 is 1.79 bits per heavy atom. The molecule has 1 aliphatic heterocycles. The number of fused-ring (bicyclic) bond motifs is 1. The number of aromatic amines is 1. The van der Waals surface area contributed by atoms with E-state index in [0.717, 1.165) is 34.6 Å². The second-order valence-electron chi connectivity index (χ2n) is 7.81. The number of carbonyl (C=O) groups is 1. The molecule has 5 heteroatoms. The topological polar surface area (TPSA) is 58.2 Å². The van der Waals surface area contributed by atoms with Crippen LogP contribution in [0.2, 0.25) is 0 Å². The molecule has 1 amide bonds. The molecule has 1 atom stereocenters. The number of methoxy groups -OCH3 is 1. The van der Waals surface area contributed by atoms with Crippen molar-refractivity contribution in [1.29, 1.82) is 0 Å². The summed E-state index contributed by atoms with van der Waals surface area (Å²) >= 11 is 0. The van der Waals surface area contributed by atoms with Crippen molar-refractivity contribution >= 4 is 5.91 Å². The number of amides is 1. The molecule has 0 bridgehead atoms. The average molecular weight is 389 g/mol. The van der Waals surface area contributed by atoms with E-state index in [4.69, 9.17) is 4.74 Å². The minimum Gasteiger partial charge on any atom is -0.497 e. The minimum atomic E-state index is -0.130. The van der Waals surface area contributed by atoms with Crippen molar-refractivity contribution in [2.45, 2.75) is 39.2 Å². The van der Waals surface area contributed by atoms with Crippen molar-refractivity contribution in [2.75, 3.05) is 13.7 Å². The van der Waals surface area contributed by atoms with Crippen LogP contribution >= 0.6 is 0 Å². The van der Waals surface area contributed by atoms with Crippen molar-refractivity contribution in [3.05, 3.63) is 70.9 Å². The molecule has 0 saturated heterocycles. The van der Waals surface area contributed by atoms with E-state index < -0.39 is 0 Å². The third kappa shape index (κ3) is 3.31. The van der Waals surface area contributed by atoms with Crippen LogP contribution in [0.15, 0.2) is 48.5 Å². The lowest BCUT2D eigenvalue weighted by Crippen LogP contribution is -2.30. The van der Waals surface area contributed by atoms with Crippen molar-refractivity contribution in [3.8, 4) is 17.0 Å². The van der Waals surface area contributed by atoms with E-state index in [9.17, 15) is 4.79 Å². The number of nitrogens with one attached hydrogen (secondary N) is 1. The van der Waals surface area contributed by atoms with Crippen LogP contribution in [0.3, 0.4) is 0 Å². The highest BCUT2D eigenvalue weighted by Gasteiger charge is 2.41. The van der Waals surface area contributed by atoms with Crippen LogP contribution in [0.1, 0.15) is 66.3 Å². The zero-order valence-corrected chi connectivity index (χ0v) is 17.4. The molecule has 0 spiro atoms. The number of aromatic nitrogens is 2. The van der Waals surface area contributed by atoms with Gasteiger partial charge in [0.25, 0.3) is 5.91 Å². The van der Waals surface area contributed by atoms with Gasteiger partial charge in [0.2, 0.25) is 0 Å². The van der Waals surface area contributed by atoms with Crippen molar-refractivity contribution in [2.24, 2.45) is 0 Å². The van der Waals surface area contributed by atoms with Gasteiger partial charge in [-0.25, -0.2) is 0 Å². The van der Waals surface area contributed by atoms with Gasteiger partial charge in [-0.3, -0.25) is 9.89 Å². The van der Waals surface area contributed by atoms with Gasteiger partial charge in [-0.15, -0.1) is 0 Å². The van der Waals surface area contributed by atoms with Gasteiger partial charge in [-0.05, 0) is 47.7 Å². The Balaban J connectivity index is 1.82. The molecule has 0 saturated carbocycles. The predicted molar refractivity (Wildman–Crippen MR) is 114 cm³/mol. The first-order valence-corrected chi connectivity index (χ1v) is 10.2. The standard InChI is InChI=1S/C24H27N3O2/c1-5-14-27-23(18-8-6-16(7-9-18)15(2)3)20-21(25-26-22(20)24(27)28)17-10-12-19(29-4)13-11-17/h6-13,15,23H,5,14H2,1-4H3,(H,25,26). The van der Waals surface area contributed by atoms with Crippen molar-refractivity contribution in [1.82, 2.24) is 15.1 Å². The van der Waals surface area contributed by atoms with Crippen LogP contribution in [0.5, 0.6) is 5.75 Å². The molecule has 1 N–H and O–H groups in total. The Hall–Kier alpha value is -3.08. The normalized spacial score (nSPS) is 15.8. The third-order valence-corrected chi connectivity index (χ3v) is 5.61. The molecule has 0 radical (unpaired) electrons. The van der Waals surface area contributed by atoms with E-state index in [0.29, 0.717) is 18.2 Å². The fourth-order valence-electron chi connectivity index (χ4n) is 4.05. The van der Waals surface area contributed by atoms with Gasteiger partial charge >= 0.3 is 0 Å². The summed E-state index contributed by atoms with van der Waals surface area (Å²) in [5, 5.41) is 7.53. The molecule has 0 aliphatic carbocycles. The molecule has 1 aliphatic rings. The number of rotatable bonds is 6. The summed E-state index contributed by atoms with van der Waals surface area (Å²) < 4.78 is 5.28. The molecular weight excluding hydrogens is 362 g/mol. The summed E-state index contributed by atoms with van der Waals surface area (Å²) in [6, 6.07) is 16.3. The molecule has 150 valence electrons. The summed E-state index contributed by atoms with van der Waals surface area (Å²) in [6.45, 7) is 7.18. The van der Waals surface area contributed by atoms with E-state index in [1.807, 2.05) is 29.2 Å². The monoisotopic (exact) mass is 389 g/mol. The van der Waals surface area contributed by atoms with Gasteiger partial charge in [0.15, 0.2) is 0 Å². The Kier molecular flexibility index (Phi) is 5.14. The number of nitrogens with zero attached hydrogens (tertiary/aromatic N) is 2. The summed E-state index contributed by atoms with van der Waals surface area (Å²) in [7, 11) is 1.65. The number of hydrogen-bond acceptors (Lipinski definition) is 3. The van der Waals surface area contributed by atoms with Crippen LogP contribution in [0.4, 0.5) is 0 Å². The van der Waals surface area contributed by atoms with Crippen LogP contribution in [-0.2, 0) is 0 Å². The first-order chi connectivity index (χ1) is 14.0. The molecule has 2 heterocycles. The fourth-order valence-corrected chi connectivity index (χ4v) is 4.05. The lowest BCUT2D eigenvalue weighted by Gasteiger charge is -2.26. The smallest absolute Gasteiger partial charge is 0.273 e. The number of H-pyrrole nitrogens is 1. The van der Waals surface area contributed by atoms with Crippen molar-refractivity contribution < 1.29 is 9.53 Å². The van der Waals surface area contributed by atoms with Gasteiger partial charge in [0.1, 0.15) is 11.4 Å². The molecule has 1 unspecified atom stereocenters.